The third-order valence-corrected chi connectivity index (χ3v) is 15.7. The van der Waals surface area contributed by atoms with Crippen LogP contribution in [0.1, 0.15) is 46.2 Å². The highest BCUT2D eigenvalue weighted by atomic mass is 16.5. The number of nitrogens with one attached hydrogen (secondary N) is 2. The van der Waals surface area contributed by atoms with Crippen LogP contribution in [-0.2, 0) is 71.0 Å². The van der Waals surface area contributed by atoms with Crippen molar-refractivity contribution in [3.63, 3.8) is 0 Å². The molecule has 4 bridgehead atoms. The molecular weight excluding hydrogens is 1000 g/mol. The summed E-state index contributed by atoms with van der Waals surface area (Å²) in [4.78, 5) is 62.5. The summed E-state index contributed by atoms with van der Waals surface area (Å²) >= 11 is 0. The van der Waals surface area contributed by atoms with Crippen LogP contribution in [0.4, 0.5) is 0 Å². The number of aromatic nitrogens is 4. The van der Waals surface area contributed by atoms with Crippen LogP contribution < -0.4 is 5.32 Å². The van der Waals surface area contributed by atoms with Crippen LogP contribution >= 0.6 is 0 Å². The SMILES string of the molecule is O=C1NC(=O)C(c2cn(CCC(COCc3ccccc3)OCCN3C(=O)C4=C(C3=O)c3cn(c5ccccc35)CCC(COCc3ccccc3)OCCn3cc4c4ccccc43)c3ccccc23)=C1c1c[nH]c2ccccc12. The van der Waals surface area contributed by atoms with E-state index in [2.05, 4.69) is 42.2 Å². The average Bonchev–Trinajstić information content (AvgIpc) is 4.24. The molecule has 2 atom stereocenters. The summed E-state index contributed by atoms with van der Waals surface area (Å²) < 4.78 is 32.3. The van der Waals surface area contributed by atoms with Crippen LogP contribution in [-0.4, -0.2) is 92.4 Å². The molecule has 80 heavy (non-hydrogen) atoms. The van der Waals surface area contributed by atoms with Crippen molar-refractivity contribution in [2.75, 3.05) is 33.0 Å². The molecule has 0 radical (unpaired) electrons. The zero-order valence-electron chi connectivity index (χ0n) is 44.0. The van der Waals surface area contributed by atoms with Gasteiger partial charge in [0.25, 0.3) is 23.6 Å². The number of imide groups is 2. The molecule has 7 heterocycles. The standard InChI is InChI=1S/C66H58N6O8/c73-63-59(51-35-67-55-23-11-7-19-47(51)55)60(64(74)68-63)52-36-69(56-24-12-8-20-48(52)56)29-28-46(42-78-40-44-17-5-2-6-18-44)80-34-32-72-65(75)61-53-37-70(57-25-13-9-21-49(53)57)30-27-45(41-77-39-43-15-3-1-4-16-43)79-33-31-71-38-54(62(61)66(72)76)50-22-10-14-26-58(50)71/h1-26,35-38,45-46,67H,27-34,39-42H2,(H,68,73,74). The number of rotatable bonds is 17. The highest BCUT2D eigenvalue weighted by molar-refractivity contribution is 6.51. The maximum absolute atomic E-state index is 15.3. The first-order valence-electron chi connectivity index (χ1n) is 27.3. The molecule has 13 rings (SSSR count). The van der Waals surface area contributed by atoms with E-state index in [0.717, 1.165) is 54.7 Å². The third-order valence-electron chi connectivity index (χ3n) is 15.7. The Labute approximate surface area is 461 Å². The highest BCUT2D eigenvalue weighted by Gasteiger charge is 2.42. The van der Waals surface area contributed by atoms with Gasteiger partial charge in [-0.25, -0.2) is 0 Å². The minimum absolute atomic E-state index is 0.000142. The lowest BCUT2D eigenvalue weighted by molar-refractivity contribution is -0.137. The van der Waals surface area contributed by atoms with Gasteiger partial charge in [0.15, 0.2) is 0 Å². The van der Waals surface area contributed by atoms with Gasteiger partial charge in [-0.15, -0.1) is 0 Å². The molecular formula is C66H58N6O8. The van der Waals surface area contributed by atoms with Gasteiger partial charge in [0.2, 0.25) is 0 Å². The summed E-state index contributed by atoms with van der Waals surface area (Å²) in [6.45, 7) is 3.53. The Morgan fingerprint density at radius 2 is 1.07 bits per heavy atom. The van der Waals surface area contributed by atoms with E-state index < -0.39 is 17.9 Å². The van der Waals surface area contributed by atoms with E-state index in [4.69, 9.17) is 18.9 Å². The van der Waals surface area contributed by atoms with Gasteiger partial charge in [0, 0.05) is 110 Å². The van der Waals surface area contributed by atoms with Crippen LogP contribution in [0, 0.1) is 0 Å². The second-order valence-electron chi connectivity index (χ2n) is 20.6. The molecule has 0 aliphatic carbocycles. The third kappa shape index (κ3) is 9.66. The van der Waals surface area contributed by atoms with E-state index in [1.54, 1.807) is 6.20 Å². The van der Waals surface area contributed by atoms with E-state index >= 15 is 9.59 Å². The Hall–Kier alpha value is -8.92. The van der Waals surface area contributed by atoms with Crippen molar-refractivity contribution in [1.82, 2.24) is 28.9 Å². The second kappa shape index (κ2) is 22.1. The van der Waals surface area contributed by atoms with E-state index in [9.17, 15) is 9.59 Å². The quantitative estimate of drug-likeness (QED) is 0.0856. The first kappa shape index (κ1) is 50.6. The second-order valence-corrected chi connectivity index (χ2v) is 20.6. The maximum Gasteiger partial charge on any atom is 0.262 e. The Kier molecular flexibility index (Phi) is 14.0. The molecule has 3 aliphatic rings. The zero-order chi connectivity index (χ0) is 54.1. The predicted molar refractivity (Wildman–Crippen MR) is 309 cm³/mol. The van der Waals surface area contributed by atoms with Crippen LogP contribution in [0.5, 0.6) is 0 Å². The predicted octanol–water partition coefficient (Wildman–Crippen LogP) is 10.6. The molecule has 3 aliphatic heterocycles. The van der Waals surface area contributed by atoms with Crippen molar-refractivity contribution >= 4 is 89.5 Å². The largest absolute Gasteiger partial charge is 0.374 e. The fourth-order valence-electron chi connectivity index (χ4n) is 11.8. The van der Waals surface area contributed by atoms with Crippen LogP contribution in [0.15, 0.2) is 183 Å². The smallest absolute Gasteiger partial charge is 0.262 e. The fraction of sp³-hybridized carbons (Fsp3) is 0.212. The first-order chi connectivity index (χ1) is 39.4. The minimum Gasteiger partial charge on any atom is -0.374 e. The number of aryl methyl sites for hydroxylation is 2. The molecule has 2 N–H and O–H groups in total. The molecule has 14 nitrogen and oxygen atoms in total. The van der Waals surface area contributed by atoms with Gasteiger partial charge in [-0.3, -0.25) is 29.4 Å². The van der Waals surface area contributed by atoms with Gasteiger partial charge in [-0.1, -0.05) is 133 Å². The summed E-state index contributed by atoms with van der Waals surface area (Å²) in [5.74, 6) is -1.66. The molecule has 4 aromatic heterocycles. The van der Waals surface area contributed by atoms with Gasteiger partial charge in [-0.2, -0.15) is 0 Å². The maximum atomic E-state index is 15.3. The number of carbonyl (C=O) groups excluding carboxylic acids is 4. The number of nitrogens with zero attached hydrogens (tertiary/aromatic N) is 4. The monoisotopic (exact) mass is 1060 g/mol. The number of benzene rings is 6. The molecule has 0 saturated carbocycles. The van der Waals surface area contributed by atoms with Gasteiger partial charge >= 0.3 is 0 Å². The van der Waals surface area contributed by atoms with Crippen LogP contribution in [0.3, 0.4) is 0 Å². The number of ether oxygens (including phenoxy) is 4. The molecule has 10 aromatic rings. The van der Waals surface area contributed by atoms with Gasteiger partial charge in [-0.05, 0) is 48.2 Å². The van der Waals surface area contributed by atoms with Crippen LogP contribution in [0.2, 0.25) is 0 Å². The Bertz CT molecular complexity index is 4070. The molecule has 0 fully saturated rings. The summed E-state index contributed by atoms with van der Waals surface area (Å²) in [6.07, 6.45) is 8.20. The summed E-state index contributed by atoms with van der Waals surface area (Å²) in [7, 11) is 0. The van der Waals surface area contributed by atoms with Crippen molar-refractivity contribution in [1.29, 1.82) is 0 Å². The lowest BCUT2D eigenvalue weighted by atomic mass is 9.95. The summed E-state index contributed by atoms with van der Waals surface area (Å²) in [5, 5.41) is 5.98. The van der Waals surface area contributed by atoms with Crippen LogP contribution in [0.25, 0.3) is 65.9 Å². The Balaban J connectivity index is 0.789. The highest BCUT2D eigenvalue weighted by Crippen LogP contribution is 2.43. The topological polar surface area (TPSA) is 151 Å². The lowest BCUT2D eigenvalue weighted by Crippen LogP contribution is -2.36. The van der Waals surface area contributed by atoms with E-state index in [1.807, 2.05) is 158 Å². The van der Waals surface area contributed by atoms with E-state index in [-0.39, 0.29) is 37.7 Å². The van der Waals surface area contributed by atoms with E-state index in [1.165, 1.54) is 4.90 Å². The molecule has 4 amide bonds. The van der Waals surface area contributed by atoms with Crippen molar-refractivity contribution in [2.45, 2.75) is 57.9 Å². The number of H-pyrrole nitrogens is 1. The number of aromatic amines is 1. The molecule has 2 unspecified atom stereocenters. The number of hydrogen-bond donors (Lipinski definition) is 2. The van der Waals surface area contributed by atoms with E-state index in [0.29, 0.717) is 103 Å². The molecule has 14 heteroatoms. The average molecular weight is 1060 g/mol. The van der Waals surface area contributed by atoms with Gasteiger partial charge in [0.1, 0.15) is 0 Å². The van der Waals surface area contributed by atoms with Crippen molar-refractivity contribution in [3.8, 4) is 0 Å². The van der Waals surface area contributed by atoms with Crippen molar-refractivity contribution in [3.05, 3.63) is 216 Å². The normalized spacial score (nSPS) is 16.4. The number of para-hydroxylation sites is 4. The number of carbonyl (C=O) groups is 4. The number of fused-ring (bicyclic) bond motifs is 14. The molecule has 0 saturated heterocycles. The van der Waals surface area contributed by atoms with Crippen molar-refractivity contribution < 1.29 is 38.1 Å². The van der Waals surface area contributed by atoms with Gasteiger partial charge < -0.3 is 37.6 Å². The number of hydrogen-bond acceptors (Lipinski definition) is 8. The van der Waals surface area contributed by atoms with Crippen molar-refractivity contribution in [2.24, 2.45) is 0 Å². The van der Waals surface area contributed by atoms with Gasteiger partial charge in [0.05, 0.1) is 80.7 Å². The minimum atomic E-state index is -0.472. The molecule has 6 aromatic carbocycles. The Morgan fingerprint density at radius 1 is 0.537 bits per heavy atom. The molecule has 400 valence electrons. The Morgan fingerprint density at radius 3 is 1.74 bits per heavy atom. The molecule has 0 spiro atoms. The summed E-state index contributed by atoms with van der Waals surface area (Å²) in [6, 6.07) is 51.7. The number of amides is 4. The fourth-order valence-corrected chi connectivity index (χ4v) is 11.8. The lowest BCUT2D eigenvalue weighted by Gasteiger charge is -2.21. The first-order valence-corrected chi connectivity index (χ1v) is 27.3. The summed E-state index contributed by atoms with van der Waals surface area (Å²) in [5.41, 5.74) is 9.77. The zero-order valence-corrected chi connectivity index (χ0v) is 44.0.